The zero-order valence-electron chi connectivity index (χ0n) is 16.7. The number of nitrogens with zero attached hydrogens (tertiary/aromatic N) is 4. The summed E-state index contributed by atoms with van der Waals surface area (Å²) in [6.07, 6.45) is 11.0. The topological polar surface area (TPSA) is 64.7 Å². The van der Waals surface area contributed by atoms with E-state index in [4.69, 9.17) is 4.98 Å². The maximum Gasteiger partial charge on any atom is 0.255 e. The third-order valence-electron chi connectivity index (χ3n) is 5.50. The predicted octanol–water partition coefficient (Wildman–Crippen LogP) is 4.38. The number of rotatable bonds is 5. The fourth-order valence-electron chi connectivity index (χ4n) is 3.90. The lowest BCUT2D eigenvalue weighted by Crippen LogP contribution is -2.12. The molecule has 0 saturated carbocycles. The molecule has 30 heavy (non-hydrogen) atoms. The van der Waals surface area contributed by atoms with Gasteiger partial charge in [-0.3, -0.25) is 4.79 Å². The Kier molecular flexibility index (Phi) is 4.89. The van der Waals surface area contributed by atoms with E-state index in [-0.39, 0.29) is 5.91 Å². The van der Waals surface area contributed by atoms with Gasteiger partial charge < -0.3 is 14.5 Å². The molecule has 1 N–H and O–H groups in total. The number of para-hydroxylation sites is 1. The van der Waals surface area contributed by atoms with Crippen LogP contribution in [0, 0.1) is 0 Å². The number of benzene rings is 2. The van der Waals surface area contributed by atoms with E-state index >= 15 is 0 Å². The van der Waals surface area contributed by atoms with Gasteiger partial charge in [0.2, 0.25) is 0 Å². The summed E-state index contributed by atoms with van der Waals surface area (Å²) in [5.41, 5.74) is 4.39. The van der Waals surface area contributed by atoms with Gasteiger partial charge in [-0.2, -0.15) is 0 Å². The number of amides is 1. The predicted molar refractivity (Wildman–Crippen MR) is 116 cm³/mol. The van der Waals surface area contributed by atoms with Crippen molar-refractivity contribution in [3.05, 3.63) is 90.4 Å². The van der Waals surface area contributed by atoms with Crippen molar-refractivity contribution >= 4 is 11.6 Å². The van der Waals surface area contributed by atoms with Crippen LogP contribution in [-0.2, 0) is 19.5 Å². The Balaban J connectivity index is 1.34. The summed E-state index contributed by atoms with van der Waals surface area (Å²) in [5, 5.41) is 3.07. The Hall–Kier alpha value is -3.67. The van der Waals surface area contributed by atoms with E-state index in [0.29, 0.717) is 5.56 Å². The van der Waals surface area contributed by atoms with Crippen LogP contribution < -0.4 is 5.32 Å². The van der Waals surface area contributed by atoms with Gasteiger partial charge in [0.1, 0.15) is 5.82 Å². The number of imidazole rings is 2. The molecule has 2 aromatic heterocycles. The zero-order valence-corrected chi connectivity index (χ0v) is 16.7. The first kappa shape index (κ1) is 18.4. The monoisotopic (exact) mass is 397 g/mol. The summed E-state index contributed by atoms with van der Waals surface area (Å²) >= 11 is 0. The summed E-state index contributed by atoms with van der Waals surface area (Å²) in [7, 11) is 0. The SMILES string of the molecule is O=C(Nc1ccccc1-c1cn2c(n1)CCCC2)c1ccc(Cn2ccnc2)cc1. The summed E-state index contributed by atoms with van der Waals surface area (Å²) in [4.78, 5) is 21.7. The van der Waals surface area contributed by atoms with Gasteiger partial charge in [-0.05, 0) is 36.6 Å². The van der Waals surface area contributed by atoms with Gasteiger partial charge in [-0.15, -0.1) is 0 Å². The van der Waals surface area contributed by atoms with Crippen LogP contribution >= 0.6 is 0 Å². The number of anilines is 1. The standard InChI is InChI=1S/C24H23N5O/c30-24(19-10-8-18(9-11-19)15-28-14-12-25-17-28)27-21-6-2-1-5-20(21)22-16-29-13-4-3-7-23(29)26-22/h1-2,5-6,8-12,14,16-17H,3-4,7,13,15H2,(H,27,30). The molecule has 0 unspecified atom stereocenters. The van der Waals surface area contributed by atoms with Crippen LogP contribution in [0.25, 0.3) is 11.3 Å². The molecule has 1 aliphatic heterocycles. The molecule has 5 rings (SSSR count). The number of hydrogen-bond donors (Lipinski definition) is 1. The minimum Gasteiger partial charge on any atom is -0.334 e. The molecular formula is C24H23N5O. The third-order valence-corrected chi connectivity index (χ3v) is 5.50. The van der Waals surface area contributed by atoms with E-state index in [0.717, 1.165) is 47.8 Å². The van der Waals surface area contributed by atoms with Gasteiger partial charge in [-0.25, -0.2) is 9.97 Å². The van der Waals surface area contributed by atoms with Crippen molar-refractivity contribution in [3.63, 3.8) is 0 Å². The Morgan fingerprint density at radius 2 is 1.93 bits per heavy atom. The second-order valence-electron chi connectivity index (χ2n) is 7.62. The molecule has 0 fully saturated rings. The van der Waals surface area contributed by atoms with E-state index < -0.39 is 0 Å². The third kappa shape index (κ3) is 3.76. The average molecular weight is 397 g/mol. The Bertz CT molecular complexity index is 1140. The number of fused-ring (bicyclic) bond motifs is 1. The Morgan fingerprint density at radius 1 is 1.07 bits per heavy atom. The van der Waals surface area contributed by atoms with Gasteiger partial charge in [0, 0.05) is 49.2 Å². The number of nitrogens with one attached hydrogen (secondary N) is 1. The number of aromatic nitrogens is 4. The minimum absolute atomic E-state index is 0.124. The van der Waals surface area contributed by atoms with E-state index in [1.54, 1.807) is 12.5 Å². The highest BCUT2D eigenvalue weighted by Crippen LogP contribution is 2.29. The van der Waals surface area contributed by atoms with E-state index in [9.17, 15) is 4.79 Å². The van der Waals surface area contributed by atoms with Crippen LogP contribution in [0.15, 0.2) is 73.4 Å². The molecule has 1 amide bonds. The lowest BCUT2D eigenvalue weighted by molar-refractivity contribution is 0.102. The van der Waals surface area contributed by atoms with Crippen LogP contribution in [0.5, 0.6) is 0 Å². The van der Waals surface area contributed by atoms with Crippen molar-refractivity contribution in [2.24, 2.45) is 0 Å². The second kappa shape index (κ2) is 7.99. The Labute approximate surface area is 175 Å². The molecule has 0 aliphatic carbocycles. The van der Waals surface area contributed by atoms with Crippen molar-refractivity contribution in [3.8, 4) is 11.3 Å². The van der Waals surface area contributed by atoms with Crippen molar-refractivity contribution in [1.82, 2.24) is 19.1 Å². The number of carbonyl (C=O) groups excluding carboxylic acids is 1. The van der Waals surface area contributed by atoms with Gasteiger partial charge >= 0.3 is 0 Å². The Morgan fingerprint density at radius 3 is 2.73 bits per heavy atom. The van der Waals surface area contributed by atoms with Gasteiger partial charge in [0.15, 0.2) is 0 Å². The maximum absolute atomic E-state index is 12.9. The number of carbonyl (C=O) groups is 1. The highest BCUT2D eigenvalue weighted by molar-refractivity contribution is 6.06. The highest BCUT2D eigenvalue weighted by Gasteiger charge is 2.16. The largest absolute Gasteiger partial charge is 0.334 e. The normalized spacial score (nSPS) is 13.1. The molecule has 0 radical (unpaired) electrons. The fraction of sp³-hybridized carbons (Fsp3) is 0.208. The first-order chi connectivity index (χ1) is 14.8. The lowest BCUT2D eigenvalue weighted by Gasteiger charge is -2.11. The fourth-order valence-corrected chi connectivity index (χ4v) is 3.90. The van der Waals surface area contributed by atoms with Crippen molar-refractivity contribution in [2.75, 3.05) is 5.32 Å². The molecule has 0 atom stereocenters. The molecule has 6 heteroatoms. The van der Waals surface area contributed by atoms with Crippen LogP contribution in [0.1, 0.15) is 34.6 Å². The molecular weight excluding hydrogens is 374 g/mol. The van der Waals surface area contributed by atoms with E-state index in [2.05, 4.69) is 21.1 Å². The molecule has 4 aromatic rings. The molecule has 0 spiro atoms. The quantitative estimate of drug-likeness (QED) is 0.543. The van der Waals surface area contributed by atoms with Crippen molar-refractivity contribution < 1.29 is 4.79 Å². The first-order valence-corrected chi connectivity index (χ1v) is 10.3. The van der Waals surface area contributed by atoms with Crippen LogP contribution in [0.2, 0.25) is 0 Å². The highest BCUT2D eigenvalue weighted by atomic mass is 16.1. The van der Waals surface area contributed by atoms with E-state index in [1.165, 1.54) is 12.8 Å². The van der Waals surface area contributed by atoms with Gasteiger partial charge in [0.25, 0.3) is 5.91 Å². The van der Waals surface area contributed by atoms with Crippen molar-refractivity contribution in [2.45, 2.75) is 32.4 Å². The first-order valence-electron chi connectivity index (χ1n) is 10.3. The zero-order chi connectivity index (χ0) is 20.3. The molecule has 2 aromatic carbocycles. The maximum atomic E-state index is 12.9. The summed E-state index contributed by atoms with van der Waals surface area (Å²) in [5.74, 6) is 1.01. The summed E-state index contributed by atoms with van der Waals surface area (Å²) in [6, 6.07) is 15.5. The second-order valence-corrected chi connectivity index (χ2v) is 7.62. The number of hydrogen-bond acceptors (Lipinski definition) is 3. The van der Waals surface area contributed by atoms with Crippen LogP contribution in [0.4, 0.5) is 5.69 Å². The summed E-state index contributed by atoms with van der Waals surface area (Å²) in [6.45, 7) is 1.75. The molecule has 150 valence electrons. The molecule has 0 saturated heterocycles. The average Bonchev–Trinajstić information content (AvgIpc) is 3.44. The smallest absolute Gasteiger partial charge is 0.255 e. The van der Waals surface area contributed by atoms with Gasteiger partial charge in [-0.1, -0.05) is 30.3 Å². The molecule has 0 bridgehead atoms. The minimum atomic E-state index is -0.124. The molecule has 6 nitrogen and oxygen atoms in total. The summed E-state index contributed by atoms with van der Waals surface area (Å²) < 4.78 is 4.23. The van der Waals surface area contributed by atoms with E-state index in [1.807, 2.05) is 59.3 Å². The van der Waals surface area contributed by atoms with Gasteiger partial charge in [0.05, 0.1) is 17.7 Å². The number of aryl methyl sites for hydroxylation is 2. The lowest BCUT2D eigenvalue weighted by atomic mass is 10.1. The van der Waals surface area contributed by atoms with Crippen LogP contribution in [-0.4, -0.2) is 25.0 Å². The molecule has 1 aliphatic rings. The van der Waals surface area contributed by atoms with Crippen molar-refractivity contribution in [1.29, 1.82) is 0 Å². The molecule has 3 heterocycles. The van der Waals surface area contributed by atoms with Crippen LogP contribution in [0.3, 0.4) is 0 Å².